The van der Waals surface area contributed by atoms with Gasteiger partial charge in [-0.1, -0.05) is 0 Å². The molecule has 0 radical (unpaired) electrons. The number of piperazine rings is 1. The van der Waals surface area contributed by atoms with E-state index in [1.807, 2.05) is 24.0 Å². The maximum atomic E-state index is 13.0. The highest BCUT2D eigenvalue weighted by Crippen LogP contribution is 2.32. The van der Waals surface area contributed by atoms with Crippen molar-refractivity contribution in [3.8, 4) is 11.5 Å². The van der Waals surface area contributed by atoms with Crippen molar-refractivity contribution in [2.24, 2.45) is 5.92 Å². The molecule has 0 aliphatic carbocycles. The largest absolute Gasteiger partial charge is 0.486 e. The zero-order chi connectivity index (χ0) is 22.0. The molecule has 3 aliphatic rings. The molecule has 0 saturated carbocycles. The molecule has 2 saturated heterocycles. The van der Waals surface area contributed by atoms with E-state index in [-0.39, 0.29) is 29.6 Å². The number of ether oxygens (including phenoxy) is 2. The van der Waals surface area contributed by atoms with Gasteiger partial charge >= 0.3 is 0 Å². The summed E-state index contributed by atoms with van der Waals surface area (Å²) in [6, 6.07) is 5.20. The van der Waals surface area contributed by atoms with Crippen LogP contribution >= 0.6 is 0 Å². The summed E-state index contributed by atoms with van der Waals surface area (Å²) in [6.07, 6.45) is 1.48. The standard InChI is InChI=1S/C23H31N3O5/c1-16(23(29)26-11-9-25(10-12-26)17(2)27)24-7-5-18(6-8-24)22(28)19-3-4-20-21(15-19)31-14-13-30-20/h3-4,15-16,18H,5-14H2,1-2H3. The van der Waals surface area contributed by atoms with E-state index < -0.39 is 0 Å². The van der Waals surface area contributed by atoms with E-state index in [2.05, 4.69) is 4.90 Å². The fraction of sp³-hybridized carbons (Fsp3) is 0.609. The first kappa shape index (κ1) is 21.6. The van der Waals surface area contributed by atoms with Crippen LogP contribution in [0.15, 0.2) is 18.2 Å². The Bertz CT molecular complexity index is 842. The van der Waals surface area contributed by atoms with E-state index in [4.69, 9.17) is 9.47 Å². The van der Waals surface area contributed by atoms with Crippen LogP contribution in [0.4, 0.5) is 0 Å². The summed E-state index contributed by atoms with van der Waals surface area (Å²) in [6.45, 7) is 8.35. The molecule has 2 amide bonds. The summed E-state index contributed by atoms with van der Waals surface area (Å²) < 4.78 is 11.1. The average molecular weight is 430 g/mol. The lowest BCUT2D eigenvalue weighted by atomic mass is 9.88. The summed E-state index contributed by atoms with van der Waals surface area (Å²) in [4.78, 5) is 43.2. The number of hydrogen-bond acceptors (Lipinski definition) is 6. The molecule has 8 nitrogen and oxygen atoms in total. The first-order valence-electron chi connectivity index (χ1n) is 11.2. The van der Waals surface area contributed by atoms with Gasteiger partial charge in [0, 0.05) is 44.6 Å². The molecule has 4 rings (SSSR count). The van der Waals surface area contributed by atoms with Crippen molar-refractivity contribution in [1.82, 2.24) is 14.7 Å². The summed E-state index contributed by atoms with van der Waals surface area (Å²) >= 11 is 0. The second-order valence-electron chi connectivity index (χ2n) is 8.54. The van der Waals surface area contributed by atoms with E-state index in [1.165, 1.54) is 0 Å². The Morgan fingerprint density at radius 2 is 1.52 bits per heavy atom. The van der Waals surface area contributed by atoms with Crippen LogP contribution in [0.2, 0.25) is 0 Å². The molecule has 2 fully saturated rings. The molecule has 1 atom stereocenters. The molecule has 0 spiro atoms. The zero-order valence-electron chi connectivity index (χ0n) is 18.3. The van der Waals surface area contributed by atoms with Crippen LogP contribution < -0.4 is 9.47 Å². The number of hydrogen-bond donors (Lipinski definition) is 0. The van der Waals surface area contributed by atoms with Crippen molar-refractivity contribution in [3.05, 3.63) is 23.8 Å². The van der Waals surface area contributed by atoms with E-state index >= 15 is 0 Å². The quantitative estimate of drug-likeness (QED) is 0.674. The molecular weight excluding hydrogens is 398 g/mol. The lowest BCUT2D eigenvalue weighted by molar-refractivity contribution is -0.142. The van der Waals surface area contributed by atoms with Crippen LogP contribution in [0, 0.1) is 5.92 Å². The Labute approximate surface area is 183 Å². The smallest absolute Gasteiger partial charge is 0.239 e. The number of amides is 2. The van der Waals surface area contributed by atoms with Crippen LogP contribution in [0.25, 0.3) is 0 Å². The van der Waals surface area contributed by atoms with Crippen molar-refractivity contribution in [1.29, 1.82) is 0 Å². The Morgan fingerprint density at radius 3 is 2.16 bits per heavy atom. The van der Waals surface area contributed by atoms with Gasteiger partial charge < -0.3 is 19.3 Å². The Hall–Kier alpha value is -2.61. The van der Waals surface area contributed by atoms with Gasteiger partial charge in [0.25, 0.3) is 0 Å². The lowest BCUT2D eigenvalue weighted by Gasteiger charge is -2.39. The Kier molecular flexibility index (Phi) is 6.46. The van der Waals surface area contributed by atoms with Crippen LogP contribution in [-0.2, 0) is 9.59 Å². The third-order valence-electron chi connectivity index (χ3n) is 6.67. The summed E-state index contributed by atoms with van der Waals surface area (Å²) in [7, 11) is 0. The number of likely N-dealkylation sites (tertiary alicyclic amines) is 1. The van der Waals surface area contributed by atoms with Crippen molar-refractivity contribution in [3.63, 3.8) is 0 Å². The molecule has 1 unspecified atom stereocenters. The fourth-order valence-electron chi connectivity index (χ4n) is 4.64. The van der Waals surface area contributed by atoms with Gasteiger partial charge in [-0.3, -0.25) is 19.3 Å². The lowest BCUT2D eigenvalue weighted by Crippen LogP contribution is -2.55. The Morgan fingerprint density at radius 1 is 0.903 bits per heavy atom. The number of ketones is 1. The van der Waals surface area contributed by atoms with Gasteiger partial charge in [0.15, 0.2) is 17.3 Å². The van der Waals surface area contributed by atoms with E-state index in [1.54, 1.807) is 17.9 Å². The normalized spacial score (nSPS) is 21.0. The van der Waals surface area contributed by atoms with Crippen LogP contribution in [0.5, 0.6) is 11.5 Å². The van der Waals surface area contributed by atoms with Crippen LogP contribution in [0.1, 0.15) is 37.0 Å². The van der Waals surface area contributed by atoms with E-state index in [0.29, 0.717) is 56.5 Å². The topological polar surface area (TPSA) is 79.4 Å². The first-order valence-corrected chi connectivity index (χ1v) is 11.2. The fourth-order valence-corrected chi connectivity index (χ4v) is 4.64. The highest BCUT2D eigenvalue weighted by atomic mass is 16.6. The minimum atomic E-state index is -0.214. The zero-order valence-corrected chi connectivity index (χ0v) is 18.3. The molecule has 0 N–H and O–H groups in total. The predicted octanol–water partition coefficient (Wildman–Crippen LogP) is 1.43. The van der Waals surface area contributed by atoms with E-state index in [9.17, 15) is 14.4 Å². The summed E-state index contributed by atoms with van der Waals surface area (Å²) in [5, 5.41) is 0. The number of Topliss-reactive ketones (excluding diaryl/α,β-unsaturated/α-hetero) is 1. The third-order valence-corrected chi connectivity index (χ3v) is 6.67. The highest BCUT2D eigenvalue weighted by Gasteiger charge is 2.33. The third kappa shape index (κ3) is 4.69. The number of piperidine rings is 1. The molecular formula is C23H31N3O5. The number of nitrogens with zero attached hydrogens (tertiary/aromatic N) is 3. The predicted molar refractivity (Wildman–Crippen MR) is 114 cm³/mol. The van der Waals surface area contributed by atoms with Crippen LogP contribution in [-0.4, -0.2) is 90.8 Å². The maximum absolute atomic E-state index is 13.0. The number of carbonyl (C=O) groups is 3. The summed E-state index contributed by atoms with van der Waals surface area (Å²) in [5.41, 5.74) is 0.662. The molecule has 1 aromatic carbocycles. The van der Waals surface area contributed by atoms with Crippen molar-refractivity contribution in [2.75, 3.05) is 52.5 Å². The molecule has 0 aromatic heterocycles. The van der Waals surface area contributed by atoms with Crippen LogP contribution in [0.3, 0.4) is 0 Å². The second-order valence-corrected chi connectivity index (χ2v) is 8.54. The van der Waals surface area contributed by atoms with Crippen molar-refractivity contribution < 1.29 is 23.9 Å². The van der Waals surface area contributed by atoms with Gasteiger partial charge in [0.1, 0.15) is 13.2 Å². The van der Waals surface area contributed by atoms with E-state index in [0.717, 1.165) is 25.9 Å². The minimum absolute atomic E-state index is 0.0415. The van der Waals surface area contributed by atoms with Gasteiger partial charge in [-0.05, 0) is 51.1 Å². The molecule has 1 aromatic rings. The van der Waals surface area contributed by atoms with Gasteiger partial charge in [0.2, 0.25) is 11.8 Å². The van der Waals surface area contributed by atoms with Crippen molar-refractivity contribution >= 4 is 17.6 Å². The molecule has 3 aliphatic heterocycles. The molecule has 168 valence electrons. The molecule has 0 bridgehead atoms. The Balaban J connectivity index is 1.29. The number of fused-ring (bicyclic) bond motifs is 1. The monoisotopic (exact) mass is 429 g/mol. The number of benzene rings is 1. The van der Waals surface area contributed by atoms with Gasteiger partial charge in [-0.25, -0.2) is 0 Å². The minimum Gasteiger partial charge on any atom is -0.486 e. The van der Waals surface area contributed by atoms with Gasteiger partial charge in [-0.15, -0.1) is 0 Å². The average Bonchev–Trinajstić information content (AvgIpc) is 2.82. The SMILES string of the molecule is CC(=O)N1CCN(C(=O)C(C)N2CCC(C(=O)c3ccc4c(c3)OCCO4)CC2)CC1. The number of rotatable bonds is 4. The maximum Gasteiger partial charge on any atom is 0.239 e. The first-order chi connectivity index (χ1) is 14.9. The van der Waals surface area contributed by atoms with Gasteiger partial charge in [-0.2, -0.15) is 0 Å². The second kappa shape index (κ2) is 9.26. The summed E-state index contributed by atoms with van der Waals surface area (Å²) in [5.74, 6) is 1.59. The highest BCUT2D eigenvalue weighted by molar-refractivity contribution is 5.98. The molecule has 8 heteroatoms. The van der Waals surface area contributed by atoms with Gasteiger partial charge in [0.05, 0.1) is 6.04 Å². The molecule has 31 heavy (non-hydrogen) atoms. The van der Waals surface area contributed by atoms with Crippen molar-refractivity contribution in [2.45, 2.75) is 32.7 Å². The number of carbonyl (C=O) groups excluding carboxylic acids is 3. The molecule has 3 heterocycles.